The molecule has 2 heterocycles. The van der Waals surface area contributed by atoms with Crippen molar-refractivity contribution in [3.63, 3.8) is 0 Å². The molecule has 96 valence electrons. The highest BCUT2D eigenvalue weighted by Gasteiger charge is 2.33. The molecule has 2 aromatic rings. The monoisotopic (exact) mass is 247 g/mol. The molecular weight excluding hydrogens is 230 g/mol. The summed E-state index contributed by atoms with van der Waals surface area (Å²) in [5, 5.41) is 9.86. The molecule has 0 amide bonds. The van der Waals surface area contributed by atoms with E-state index in [0.717, 1.165) is 24.9 Å². The zero-order valence-corrected chi connectivity index (χ0v) is 10.3. The molecule has 3 rings (SSSR count). The van der Waals surface area contributed by atoms with Gasteiger partial charge in [-0.1, -0.05) is 6.42 Å². The van der Waals surface area contributed by atoms with Crippen LogP contribution in [0.25, 0.3) is 11.2 Å². The average molecular weight is 247 g/mol. The number of rotatable bonds is 2. The van der Waals surface area contributed by atoms with E-state index in [4.69, 9.17) is 5.73 Å². The summed E-state index contributed by atoms with van der Waals surface area (Å²) in [6, 6.07) is 0.254. The SMILES string of the molecule is CC(O)C1CCCC1n1cnc2c(N)ncnc21. The van der Waals surface area contributed by atoms with Crippen LogP contribution in [0, 0.1) is 5.92 Å². The van der Waals surface area contributed by atoms with Gasteiger partial charge in [0.05, 0.1) is 12.4 Å². The molecule has 0 saturated heterocycles. The summed E-state index contributed by atoms with van der Waals surface area (Å²) in [6.45, 7) is 1.85. The third kappa shape index (κ3) is 1.64. The number of hydrogen-bond donors (Lipinski definition) is 2. The normalized spacial score (nSPS) is 25.7. The van der Waals surface area contributed by atoms with Gasteiger partial charge in [-0.15, -0.1) is 0 Å². The van der Waals surface area contributed by atoms with Crippen molar-refractivity contribution < 1.29 is 5.11 Å². The fraction of sp³-hybridized carbons (Fsp3) is 0.583. The second-order valence-corrected chi connectivity index (χ2v) is 4.99. The lowest BCUT2D eigenvalue weighted by molar-refractivity contribution is 0.105. The average Bonchev–Trinajstić information content (AvgIpc) is 2.94. The molecule has 1 saturated carbocycles. The van der Waals surface area contributed by atoms with Crippen LogP contribution in [-0.4, -0.2) is 30.7 Å². The molecule has 0 aliphatic heterocycles. The van der Waals surface area contributed by atoms with Crippen molar-refractivity contribution >= 4 is 17.0 Å². The molecule has 0 spiro atoms. The third-order valence-electron chi connectivity index (χ3n) is 3.90. The number of imidazole rings is 1. The minimum Gasteiger partial charge on any atom is -0.393 e. The van der Waals surface area contributed by atoms with Crippen LogP contribution in [0.4, 0.5) is 5.82 Å². The Labute approximate surface area is 105 Å². The summed E-state index contributed by atoms with van der Waals surface area (Å²) >= 11 is 0. The maximum Gasteiger partial charge on any atom is 0.165 e. The number of nitrogen functional groups attached to an aromatic ring is 1. The van der Waals surface area contributed by atoms with Gasteiger partial charge in [-0.3, -0.25) is 0 Å². The molecule has 6 heteroatoms. The molecule has 2 aromatic heterocycles. The topological polar surface area (TPSA) is 89.8 Å². The summed E-state index contributed by atoms with van der Waals surface area (Å²) in [5.41, 5.74) is 7.20. The van der Waals surface area contributed by atoms with Crippen molar-refractivity contribution in [1.82, 2.24) is 19.5 Å². The summed E-state index contributed by atoms with van der Waals surface area (Å²) in [6.07, 6.45) is 6.13. The first-order chi connectivity index (χ1) is 8.68. The van der Waals surface area contributed by atoms with Gasteiger partial charge in [-0.05, 0) is 19.8 Å². The first-order valence-electron chi connectivity index (χ1n) is 6.29. The van der Waals surface area contributed by atoms with Crippen LogP contribution in [0.1, 0.15) is 32.2 Å². The molecule has 1 fully saturated rings. The van der Waals surface area contributed by atoms with Crippen LogP contribution in [0.3, 0.4) is 0 Å². The zero-order valence-electron chi connectivity index (χ0n) is 10.3. The fourth-order valence-electron chi connectivity index (χ4n) is 2.99. The molecule has 0 aromatic carbocycles. The van der Waals surface area contributed by atoms with E-state index >= 15 is 0 Å². The van der Waals surface area contributed by atoms with E-state index in [1.54, 1.807) is 6.33 Å². The van der Waals surface area contributed by atoms with Crippen LogP contribution in [0.5, 0.6) is 0 Å². The molecule has 1 aliphatic rings. The predicted molar refractivity (Wildman–Crippen MR) is 67.8 cm³/mol. The van der Waals surface area contributed by atoms with Gasteiger partial charge in [-0.25, -0.2) is 15.0 Å². The summed E-state index contributed by atoms with van der Waals surface area (Å²) in [4.78, 5) is 12.5. The van der Waals surface area contributed by atoms with Crippen molar-refractivity contribution in [2.24, 2.45) is 5.92 Å². The lowest BCUT2D eigenvalue weighted by atomic mass is 9.98. The van der Waals surface area contributed by atoms with Gasteiger partial charge in [-0.2, -0.15) is 0 Å². The van der Waals surface area contributed by atoms with Gasteiger partial charge in [0.25, 0.3) is 0 Å². The first-order valence-corrected chi connectivity index (χ1v) is 6.29. The molecule has 18 heavy (non-hydrogen) atoms. The number of hydrogen-bond acceptors (Lipinski definition) is 5. The summed E-state index contributed by atoms with van der Waals surface area (Å²) in [7, 11) is 0. The van der Waals surface area contributed by atoms with Crippen LogP contribution >= 0.6 is 0 Å². The Hall–Kier alpha value is -1.69. The van der Waals surface area contributed by atoms with Crippen molar-refractivity contribution in [3.8, 4) is 0 Å². The van der Waals surface area contributed by atoms with Gasteiger partial charge >= 0.3 is 0 Å². The van der Waals surface area contributed by atoms with E-state index in [0.29, 0.717) is 11.3 Å². The number of fused-ring (bicyclic) bond motifs is 1. The van der Waals surface area contributed by atoms with Crippen LogP contribution in [-0.2, 0) is 0 Å². The minimum absolute atomic E-state index is 0.254. The Morgan fingerprint density at radius 2 is 2.22 bits per heavy atom. The molecule has 1 aliphatic carbocycles. The van der Waals surface area contributed by atoms with Crippen molar-refractivity contribution in [3.05, 3.63) is 12.7 Å². The van der Waals surface area contributed by atoms with Gasteiger partial charge in [0.15, 0.2) is 11.5 Å². The second-order valence-electron chi connectivity index (χ2n) is 4.99. The van der Waals surface area contributed by atoms with Crippen molar-refractivity contribution in [2.75, 3.05) is 5.73 Å². The standard InChI is InChI=1S/C12H17N5O/c1-7(18)8-3-2-4-9(8)17-6-16-10-11(13)14-5-15-12(10)17/h5-9,18H,2-4H2,1H3,(H2,13,14,15). The lowest BCUT2D eigenvalue weighted by Gasteiger charge is -2.23. The lowest BCUT2D eigenvalue weighted by Crippen LogP contribution is -2.23. The smallest absolute Gasteiger partial charge is 0.165 e. The Morgan fingerprint density at radius 3 is 3.00 bits per heavy atom. The molecule has 3 atom stereocenters. The van der Waals surface area contributed by atoms with Crippen LogP contribution in [0.15, 0.2) is 12.7 Å². The van der Waals surface area contributed by atoms with E-state index in [1.165, 1.54) is 6.33 Å². The van der Waals surface area contributed by atoms with Crippen LogP contribution in [0.2, 0.25) is 0 Å². The molecular formula is C12H17N5O. The Morgan fingerprint density at radius 1 is 1.39 bits per heavy atom. The molecule has 6 nitrogen and oxygen atoms in total. The van der Waals surface area contributed by atoms with E-state index in [9.17, 15) is 5.11 Å². The maximum absolute atomic E-state index is 9.86. The maximum atomic E-state index is 9.86. The van der Waals surface area contributed by atoms with Gasteiger partial charge in [0.1, 0.15) is 11.8 Å². The van der Waals surface area contributed by atoms with Gasteiger partial charge < -0.3 is 15.4 Å². The largest absolute Gasteiger partial charge is 0.393 e. The Balaban J connectivity index is 2.07. The number of aromatic nitrogens is 4. The Kier molecular flexibility index (Phi) is 2.66. The highest BCUT2D eigenvalue weighted by Crippen LogP contribution is 2.39. The second kappa shape index (κ2) is 4.20. The van der Waals surface area contributed by atoms with Crippen molar-refractivity contribution in [2.45, 2.75) is 38.3 Å². The van der Waals surface area contributed by atoms with Gasteiger partial charge in [0, 0.05) is 12.0 Å². The van der Waals surface area contributed by atoms with Gasteiger partial charge in [0.2, 0.25) is 0 Å². The van der Waals surface area contributed by atoms with E-state index in [1.807, 2.05) is 11.5 Å². The Bertz CT molecular complexity index is 565. The number of aliphatic hydroxyl groups excluding tert-OH is 1. The number of nitrogens with zero attached hydrogens (tertiary/aromatic N) is 4. The predicted octanol–water partition coefficient (Wildman–Crippen LogP) is 1.13. The third-order valence-corrected chi connectivity index (χ3v) is 3.90. The highest BCUT2D eigenvalue weighted by atomic mass is 16.3. The van der Waals surface area contributed by atoms with E-state index in [2.05, 4.69) is 15.0 Å². The number of aliphatic hydroxyl groups is 1. The molecule has 3 unspecified atom stereocenters. The van der Waals surface area contributed by atoms with Crippen LogP contribution < -0.4 is 5.73 Å². The summed E-state index contributed by atoms with van der Waals surface area (Å²) in [5.74, 6) is 0.670. The molecule has 0 bridgehead atoms. The number of nitrogens with two attached hydrogens (primary N) is 1. The number of anilines is 1. The minimum atomic E-state index is -0.311. The first kappa shape index (κ1) is 11.4. The van der Waals surface area contributed by atoms with Crippen molar-refractivity contribution in [1.29, 1.82) is 0 Å². The molecule has 0 radical (unpaired) electrons. The van der Waals surface area contributed by atoms with E-state index < -0.39 is 0 Å². The summed E-state index contributed by atoms with van der Waals surface area (Å²) < 4.78 is 2.04. The van der Waals surface area contributed by atoms with E-state index in [-0.39, 0.29) is 18.1 Å². The molecule has 3 N–H and O–H groups in total. The highest BCUT2D eigenvalue weighted by molar-refractivity contribution is 5.81. The fourth-order valence-corrected chi connectivity index (χ4v) is 2.99. The zero-order chi connectivity index (χ0) is 12.7. The quantitative estimate of drug-likeness (QED) is 0.830.